The molecule has 0 aliphatic carbocycles. The molecule has 1 saturated heterocycles. The number of rotatable bonds is 3. The molecule has 0 N–H and O–H groups in total. The Bertz CT molecular complexity index is 934. The molecule has 1 fully saturated rings. The summed E-state index contributed by atoms with van der Waals surface area (Å²) >= 11 is 1.02. The molecular weight excluding hydrogens is 409 g/mol. The number of esters is 1. The summed E-state index contributed by atoms with van der Waals surface area (Å²) < 4.78 is 43.2. The lowest BCUT2D eigenvalue weighted by atomic mass is 10.1. The van der Waals surface area contributed by atoms with E-state index >= 15 is 0 Å². The topological polar surface area (TPSA) is 66.9 Å². The van der Waals surface area contributed by atoms with Gasteiger partial charge >= 0.3 is 12.1 Å². The third-order valence-corrected chi connectivity index (χ3v) is 5.55. The number of halogens is 3. The van der Waals surface area contributed by atoms with Crippen molar-refractivity contribution in [2.24, 2.45) is 0 Å². The van der Waals surface area contributed by atoms with Crippen LogP contribution in [0.25, 0.3) is 0 Å². The lowest BCUT2D eigenvalue weighted by molar-refractivity contribution is -0.137. The van der Waals surface area contributed by atoms with Crippen LogP contribution in [-0.2, 0) is 10.9 Å². The van der Waals surface area contributed by atoms with Gasteiger partial charge in [-0.1, -0.05) is 6.07 Å². The van der Waals surface area contributed by atoms with Crippen molar-refractivity contribution in [3.63, 3.8) is 0 Å². The number of thiophene rings is 1. The fourth-order valence-corrected chi connectivity index (χ4v) is 3.83. The van der Waals surface area contributed by atoms with E-state index in [4.69, 9.17) is 0 Å². The van der Waals surface area contributed by atoms with Gasteiger partial charge in [-0.05, 0) is 30.3 Å². The third-order valence-electron chi connectivity index (χ3n) is 4.49. The van der Waals surface area contributed by atoms with Crippen LogP contribution in [0, 0.1) is 0 Å². The van der Waals surface area contributed by atoms with Gasteiger partial charge in [0, 0.05) is 31.7 Å². The molecule has 1 aromatic carbocycles. The van der Waals surface area contributed by atoms with Gasteiger partial charge in [-0.15, -0.1) is 11.3 Å². The van der Waals surface area contributed by atoms with Crippen LogP contribution in [0.4, 0.5) is 13.2 Å². The van der Waals surface area contributed by atoms with Crippen molar-refractivity contribution in [3.05, 3.63) is 57.3 Å². The summed E-state index contributed by atoms with van der Waals surface area (Å²) in [5, 5.41) is 0. The van der Waals surface area contributed by atoms with E-state index in [1.165, 1.54) is 30.2 Å². The minimum absolute atomic E-state index is 0.0411. The number of hydrogen-bond donors (Lipinski definition) is 0. The Morgan fingerprint density at radius 3 is 2.10 bits per heavy atom. The van der Waals surface area contributed by atoms with Gasteiger partial charge in [0.15, 0.2) is 0 Å². The smallest absolute Gasteiger partial charge is 0.416 e. The summed E-state index contributed by atoms with van der Waals surface area (Å²) in [6.07, 6.45) is -4.52. The van der Waals surface area contributed by atoms with Crippen molar-refractivity contribution in [1.29, 1.82) is 0 Å². The Hall–Kier alpha value is -2.88. The number of amides is 2. The van der Waals surface area contributed by atoms with Crippen LogP contribution in [0.2, 0.25) is 0 Å². The summed E-state index contributed by atoms with van der Waals surface area (Å²) in [5.41, 5.74) is -0.920. The summed E-state index contributed by atoms with van der Waals surface area (Å²) in [6, 6.07) is 7.34. The fraction of sp³-hybridized carbons (Fsp3) is 0.316. The van der Waals surface area contributed by atoms with E-state index in [1.54, 1.807) is 11.0 Å². The molecule has 0 spiro atoms. The van der Waals surface area contributed by atoms with Crippen LogP contribution in [0.3, 0.4) is 0 Å². The Kier molecular flexibility index (Phi) is 5.92. The molecule has 2 aromatic rings. The number of benzene rings is 1. The highest BCUT2D eigenvalue weighted by Gasteiger charge is 2.32. The van der Waals surface area contributed by atoms with E-state index in [0.717, 1.165) is 23.5 Å². The highest BCUT2D eigenvalue weighted by molar-refractivity contribution is 7.15. The van der Waals surface area contributed by atoms with Crippen LogP contribution in [0.15, 0.2) is 36.4 Å². The first-order valence-electron chi connectivity index (χ1n) is 8.64. The maximum Gasteiger partial charge on any atom is 0.416 e. The minimum atomic E-state index is -4.52. The third kappa shape index (κ3) is 4.58. The zero-order valence-electron chi connectivity index (χ0n) is 15.4. The summed E-state index contributed by atoms with van der Waals surface area (Å²) in [5.74, 6) is -1.30. The van der Waals surface area contributed by atoms with Gasteiger partial charge in [-0.2, -0.15) is 13.2 Å². The number of hydrogen-bond acceptors (Lipinski definition) is 5. The zero-order valence-corrected chi connectivity index (χ0v) is 16.2. The second kappa shape index (κ2) is 8.24. The molecule has 1 aliphatic heterocycles. The molecule has 154 valence electrons. The van der Waals surface area contributed by atoms with Crippen molar-refractivity contribution in [3.8, 4) is 0 Å². The molecule has 3 rings (SSSR count). The van der Waals surface area contributed by atoms with E-state index in [2.05, 4.69) is 4.74 Å². The van der Waals surface area contributed by atoms with Gasteiger partial charge < -0.3 is 14.5 Å². The number of carbonyl (C=O) groups excluding carboxylic acids is 3. The lowest BCUT2D eigenvalue weighted by Crippen LogP contribution is -2.50. The molecule has 0 bridgehead atoms. The molecule has 2 heterocycles. The molecule has 29 heavy (non-hydrogen) atoms. The summed E-state index contributed by atoms with van der Waals surface area (Å²) in [6.45, 7) is 0.899. The zero-order chi connectivity index (χ0) is 21.2. The van der Waals surface area contributed by atoms with Gasteiger partial charge in [-0.3, -0.25) is 9.59 Å². The largest absolute Gasteiger partial charge is 0.465 e. The SMILES string of the molecule is COC(=O)c1ccc(C(=O)N2CCN(C(=O)c3cccc(C(F)(F)F)c3)CC2)s1. The number of nitrogens with zero attached hydrogens (tertiary/aromatic N) is 2. The fourth-order valence-electron chi connectivity index (χ4n) is 2.94. The van der Waals surface area contributed by atoms with Crippen LogP contribution in [-0.4, -0.2) is 60.9 Å². The monoisotopic (exact) mass is 426 g/mol. The number of ether oxygens (including phenoxy) is 1. The van der Waals surface area contributed by atoms with E-state index < -0.39 is 23.6 Å². The number of methoxy groups -OCH3 is 1. The number of alkyl halides is 3. The van der Waals surface area contributed by atoms with E-state index in [1.807, 2.05) is 0 Å². The molecule has 0 saturated carbocycles. The van der Waals surface area contributed by atoms with Gasteiger partial charge in [0.2, 0.25) is 0 Å². The van der Waals surface area contributed by atoms with E-state index in [0.29, 0.717) is 9.75 Å². The Labute approximate surface area is 168 Å². The standard InChI is InChI=1S/C19H17F3N2O4S/c1-28-18(27)15-6-5-14(29-15)17(26)24-9-7-23(8-10-24)16(25)12-3-2-4-13(11-12)19(20,21)22/h2-6,11H,7-10H2,1H3. The predicted molar refractivity (Wildman–Crippen MR) is 98.9 cm³/mol. The number of carbonyl (C=O) groups is 3. The molecule has 1 aliphatic rings. The van der Waals surface area contributed by atoms with E-state index in [-0.39, 0.29) is 37.6 Å². The first-order chi connectivity index (χ1) is 13.7. The molecule has 10 heteroatoms. The average Bonchev–Trinajstić information content (AvgIpc) is 3.22. The first kappa shape index (κ1) is 20.8. The predicted octanol–water partition coefficient (Wildman–Crippen LogP) is 3.15. The summed E-state index contributed by atoms with van der Waals surface area (Å²) in [7, 11) is 1.25. The van der Waals surface area contributed by atoms with Gasteiger partial charge in [-0.25, -0.2) is 4.79 Å². The lowest BCUT2D eigenvalue weighted by Gasteiger charge is -2.34. The van der Waals surface area contributed by atoms with E-state index in [9.17, 15) is 27.6 Å². The maximum absolute atomic E-state index is 12.9. The Morgan fingerprint density at radius 1 is 0.931 bits per heavy atom. The van der Waals surface area contributed by atoms with Gasteiger partial charge in [0.25, 0.3) is 11.8 Å². The molecule has 0 radical (unpaired) electrons. The highest BCUT2D eigenvalue weighted by Crippen LogP contribution is 2.30. The van der Waals surface area contributed by atoms with Crippen LogP contribution >= 0.6 is 11.3 Å². The normalized spacial score (nSPS) is 14.6. The van der Waals surface area contributed by atoms with Crippen LogP contribution in [0.5, 0.6) is 0 Å². The molecule has 6 nitrogen and oxygen atoms in total. The Morgan fingerprint density at radius 2 is 1.52 bits per heavy atom. The van der Waals surface area contributed by atoms with Crippen LogP contribution in [0.1, 0.15) is 35.3 Å². The van der Waals surface area contributed by atoms with Crippen molar-refractivity contribution >= 4 is 29.1 Å². The first-order valence-corrected chi connectivity index (χ1v) is 9.46. The quantitative estimate of drug-likeness (QED) is 0.708. The molecule has 0 atom stereocenters. The van der Waals surface area contributed by atoms with Crippen molar-refractivity contribution in [2.45, 2.75) is 6.18 Å². The van der Waals surface area contributed by atoms with Gasteiger partial charge in [0.05, 0.1) is 17.6 Å². The minimum Gasteiger partial charge on any atom is -0.465 e. The number of piperazine rings is 1. The van der Waals surface area contributed by atoms with Crippen LogP contribution < -0.4 is 0 Å². The molecule has 0 unspecified atom stereocenters. The van der Waals surface area contributed by atoms with Crippen molar-refractivity contribution in [2.75, 3.05) is 33.3 Å². The summed E-state index contributed by atoms with van der Waals surface area (Å²) in [4.78, 5) is 40.3. The van der Waals surface area contributed by atoms with Crippen molar-refractivity contribution in [1.82, 2.24) is 9.80 Å². The molecular formula is C19H17F3N2O4S. The molecule has 1 aromatic heterocycles. The Balaban J connectivity index is 1.63. The maximum atomic E-state index is 12.9. The van der Waals surface area contributed by atoms with Gasteiger partial charge in [0.1, 0.15) is 4.88 Å². The van der Waals surface area contributed by atoms with Crippen molar-refractivity contribution < 1.29 is 32.3 Å². The second-order valence-electron chi connectivity index (χ2n) is 6.32. The second-order valence-corrected chi connectivity index (χ2v) is 7.40. The average molecular weight is 426 g/mol. The molecule has 2 amide bonds. The highest BCUT2D eigenvalue weighted by atomic mass is 32.1.